The minimum Gasteiger partial charge on any atom is -0.506 e. The highest BCUT2D eigenvalue weighted by Gasteiger charge is 2.42. The van der Waals surface area contributed by atoms with Crippen molar-refractivity contribution in [3.63, 3.8) is 0 Å². The van der Waals surface area contributed by atoms with Gasteiger partial charge in [0.15, 0.2) is 0 Å². The van der Waals surface area contributed by atoms with Crippen LogP contribution in [0, 0.1) is 0 Å². The highest BCUT2D eigenvalue weighted by Crippen LogP contribution is 2.33. The van der Waals surface area contributed by atoms with Crippen LogP contribution in [-0.4, -0.2) is 149 Å². The van der Waals surface area contributed by atoms with E-state index in [1.54, 1.807) is 47.3 Å². The van der Waals surface area contributed by atoms with E-state index in [1.165, 1.54) is 30.3 Å². The van der Waals surface area contributed by atoms with Gasteiger partial charge < -0.3 is 50.7 Å². The van der Waals surface area contributed by atoms with Crippen LogP contribution in [0.2, 0.25) is 0 Å². The number of fused-ring (bicyclic) bond motifs is 1. The Hall–Kier alpha value is -7.97. The highest BCUT2D eigenvalue weighted by molar-refractivity contribution is 8.00. The molecule has 3 aliphatic rings. The standard InChI is InChI=1S/C51H62N14O12S/c52-62-59-37-12-8-34(9-13-37)48(70)53-20-3-23-74-25-27-76-28-26-75-24-4-21-54-49(71)40(55-44(67)6-2-1-5-43-47-41(32-78-43)56-51(73)57-47)30-38-31-64(63-60-38)22-19-33-7-16-42(66)39(29-33)61-58-36-14-10-35(11-15-36)50(72)77-65-45(68)17-18-46(65)69/h7-16,29,31,40-41,43,47,66H,1-6,17-28,30,32H2,(H,53,70)(H,54,71)(H,55,67)(H2,56,57,73)/b61-58+/t40?,41-,43-,47-/m1/s1. The Morgan fingerprint density at radius 1 is 0.821 bits per heavy atom. The molecule has 1 unspecified atom stereocenters. The Bertz CT molecular complexity index is 2780. The van der Waals surface area contributed by atoms with Crippen LogP contribution in [0.3, 0.4) is 0 Å². The fourth-order valence-corrected chi connectivity index (χ4v) is 9.92. The molecule has 4 aromatic rings. The summed E-state index contributed by atoms with van der Waals surface area (Å²) in [7, 11) is 0. The number of imide groups is 1. The molecule has 26 nitrogen and oxygen atoms in total. The number of phenolic OH excluding ortho intramolecular Hbond substituents is 1. The van der Waals surface area contributed by atoms with E-state index >= 15 is 0 Å². The predicted molar refractivity (Wildman–Crippen MR) is 281 cm³/mol. The van der Waals surface area contributed by atoms with Gasteiger partial charge >= 0.3 is 12.0 Å². The molecular formula is C51H62N14O12S. The molecule has 78 heavy (non-hydrogen) atoms. The summed E-state index contributed by atoms with van der Waals surface area (Å²) >= 11 is 1.82. The zero-order chi connectivity index (χ0) is 55.1. The van der Waals surface area contributed by atoms with Gasteiger partial charge in [0.1, 0.15) is 17.5 Å². The van der Waals surface area contributed by atoms with E-state index < -0.39 is 23.8 Å². The molecule has 4 atom stereocenters. The third-order valence-corrected chi connectivity index (χ3v) is 14.0. The molecule has 0 radical (unpaired) electrons. The number of aromatic hydroxyl groups is 1. The lowest BCUT2D eigenvalue weighted by Crippen LogP contribution is -2.48. The van der Waals surface area contributed by atoms with Gasteiger partial charge in [0.05, 0.1) is 55.5 Å². The molecule has 3 fully saturated rings. The Balaban J connectivity index is 0.809. The van der Waals surface area contributed by atoms with Crippen LogP contribution in [0.4, 0.5) is 21.9 Å². The first-order chi connectivity index (χ1) is 37.9. The molecular weight excluding hydrogens is 1030 g/mol. The molecule has 3 aliphatic heterocycles. The topological polar surface area (TPSA) is 344 Å². The number of rotatable bonds is 32. The minimum absolute atomic E-state index is 0.0195. The van der Waals surface area contributed by atoms with Crippen LogP contribution in [0.25, 0.3) is 10.4 Å². The number of amides is 7. The predicted octanol–water partition coefficient (Wildman–Crippen LogP) is 4.93. The van der Waals surface area contributed by atoms with Crippen molar-refractivity contribution in [2.45, 2.75) is 94.1 Å². The lowest BCUT2D eigenvalue weighted by atomic mass is 10.0. The van der Waals surface area contributed by atoms with Crippen molar-refractivity contribution in [3.05, 3.63) is 106 Å². The molecule has 4 heterocycles. The van der Waals surface area contributed by atoms with Crippen molar-refractivity contribution in [1.82, 2.24) is 46.6 Å². The number of ether oxygens (including phenoxy) is 3. The number of urea groups is 1. The number of unbranched alkanes of at least 4 members (excludes halogenated alkanes) is 1. The Labute approximate surface area is 452 Å². The Morgan fingerprint density at radius 3 is 2.22 bits per heavy atom. The molecule has 3 saturated heterocycles. The summed E-state index contributed by atoms with van der Waals surface area (Å²) in [6.07, 6.45) is 5.82. The summed E-state index contributed by atoms with van der Waals surface area (Å²) in [5, 5.41) is 46.2. The lowest BCUT2D eigenvalue weighted by Gasteiger charge is -2.18. The number of carbonyl (C=O) groups excluding carboxylic acids is 7. The maximum Gasteiger partial charge on any atom is 0.363 e. The van der Waals surface area contributed by atoms with Crippen LogP contribution in [-0.2, 0) is 57.6 Å². The molecule has 7 amide bonds. The van der Waals surface area contributed by atoms with Gasteiger partial charge in [-0.3, -0.25) is 28.7 Å². The zero-order valence-electron chi connectivity index (χ0n) is 42.8. The number of thioether (sulfide) groups is 1. The molecule has 414 valence electrons. The van der Waals surface area contributed by atoms with Crippen LogP contribution >= 0.6 is 11.8 Å². The van der Waals surface area contributed by atoms with E-state index in [-0.39, 0.29) is 83.8 Å². The second-order valence-electron chi connectivity index (χ2n) is 18.3. The average molecular weight is 1100 g/mol. The molecule has 0 bridgehead atoms. The van der Waals surface area contributed by atoms with Gasteiger partial charge in [-0.1, -0.05) is 34.9 Å². The number of benzene rings is 3. The molecule has 0 spiro atoms. The summed E-state index contributed by atoms with van der Waals surface area (Å²) in [5.41, 5.74) is 11.3. The van der Waals surface area contributed by atoms with Crippen LogP contribution in [0.1, 0.15) is 83.3 Å². The Kier molecular flexibility index (Phi) is 22.3. The molecule has 0 saturated carbocycles. The van der Waals surface area contributed by atoms with Crippen molar-refractivity contribution in [2.75, 3.05) is 58.5 Å². The summed E-state index contributed by atoms with van der Waals surface area (Å²) in [4.78, 5) is 94.7. The number of nitrogens with one attached hydrogen (secondary N) is 5. The van der Waals surface area contributed by atoms with Crippen molar-refractivity contribution in [1.29, 1.82) is 0 Å². The number of hydrogen-bond acceptors (Lipinski definition) is 18. The van der Waals surface area contributed by atoms with Gasteiger partial charge in [-0.25, -0.2) is 9.59 Å². The minimum atomic E-state index is -0.930. The fourth-order valence-electron chi connectivity index (χ4n) is 8.38. The number of aromatic nitrogens is 3. The van der Waals surface area contributed by atoms with E-state index in [2.05, 4.69) is 57.2 Å². The van der Waals surface area contributed by atoms with Crippen LogP contribution in [0.15, 0.2) is 88.3 Å². The summed E-state index contributed by atoms with van der Waals surface area (Å²) in [6, 6.07) is 16.2. The van der Waals surface area contributed by atoms with Crippen LogP contribution < -0.4 is 26.6 Å². The number of azo groups is 1. The number of phenols is 1. The number of hydroxylamine groups is 2. The first kappa shape index (κ1) is 57.7. The van der Waals surface area contributed by atoms with Crippen LogP contribution in [0.5, 0.6) is 5.75 Å². The third-order valence-electron chi connectivity index (χ3n) is 12.5. The lowest BCUT2D eigenvalue weighted by molar-refractivity contribution is -0.172. The highest BCUT2D eigenvalue weighted by atomic mass is 32.2. The number of hydrogen-bond donors (Lipinski definition) is 6. The summed E-state index contributed by atoms with van der Waals surface area (Å²) < 4.78 is 18.5. The molecule has 3 aromatic carbocycles. The Morgan fingerprint density at radius 2 is 1.50 bits per heavy atom. The van der Waals surface area contributed by atoms with Crippen molar-refractivity contribution < 1.29 is 57.7 Å². The smallest absolute Gasteiger partial charge is 0.363 e. The normalized spacial score (nSPS) is 17.1. The van der Waals surface area contributed by atoms with Gasteiger partial charge in [-0.05, 0) is 91.7 Å². The van der Waals surface area contributed by atoms with E-state index in [0.717, 1.165) is 24.2 Å². The first-order valence-electron chi connectivity index (χ1n) is 25.7. The monoisotopic (exact) mass is 1090 g/mol. The van der Waals surface area contributed by atoms with E-state index in [0.29, 0.717) is 113 Å². The maximum absolute atomic E-state index is 13.6. The number of nitrogens with zero attached hydrogens (tertiary/aromatic N) is 9. The van der Waals surface area contributed by atoms with Gasteiger partial charge in [0.25, 0.3) is 17.7 Å². The number of aryl methyl sites for hydroxylation is 2. The summed E-state index contributed by atoms with van der Waals surface area (Å²) in [6.45, 7) is 3.37. The quantitative estimate of drug-likeness (QED) is 0.00943. The fraction of sp³-hybridized carbons (Fsp3) is 0.471. The van der Waals surface area contributed by atoms with Gasteiger partial charge in [0.2, 0.25) is 11.8 Å². The van der Waals surface area contributed by atoms with Gasteiger partial charge in [0, 0.05) is 91.9 Å². The van der Waals surface area contributed by atoms with Crippen molar-refractivity contribution in [2.24, 2.45) is 15.3 Å². The van der Waals surface area contributed by atoms with Crippen molar-refractivity contribution >= 4 is 70.4 Å². The SMILES string of the molecule is [N-]=[N+]=Nc1ccc(C(=O)NCCCOCCOCCOCCCNC(=O)C(Cc2cn(CCc3ccc(O)c(/N=N/c4ccc(C(=O)ON5C(=O)CCC5=O)cc4)c3)nn2)NC(=O)CCCC[C@H]2SC[C@H]3NC(=O)N[C@H]32)cc1. The van der Waals surface area contributed by atoms with E-state index in [9.17, 15) is 38.7 Å². The van der Waals surface area contributed by atoms with E-state index in [4.69, 9.17) is 24.6 Å². The number of carbonyl (C=O) groups is 7. The summed E-state index contributed by atoms with van der Waals surface area (Å²) in [5.74, 6) is -2.18. The third kappa shape index (κ3) is 18.1. The second-order valence-corrected chi connectivity index (χ2v) is 19.5. The first-order valence-corrected chi connectivity index (χ1v) is 26.7. The van der Waals surface area contributed by atoms with Crippen molar-refractivity contribution in [3.8, 4) is 5.75 Å². The zero-order valence-corrected chi connectivity index (χ0v) is 43.6. The van der Waals surface area contributed by atoms with Gasteiger partial charge in [-0.2, -0.15) is 16.9 Å². The average Bonchev–Trinajstić information content (AvgIpc) is 4.24. The van der Waals surface area contributed by atoms with E-state index in [1.807, 2.05) is 11.8 Å². The second kappa shape index (κ2) is 30.1. The number of azide groups is 1. The largest absolute Gasteiger partial charge is 0.506 e. The molecule has 6 N–H and O–H groups in total. The molecule has 27 heteroatoms. The van der Waals surface area contributed by atoms with Gasteiger partial charge in [-0.15, -0.1) is 15.3 Å². The molecule has 7 rings (SSSR count). The molecule has 1 aromatic heterocycles. The maximum atomic E-state index is 13.6. The molecule has 0 aliphatic carbocycles.